The molecule has 0 aliphatic carbocycles. The predicted molar refractivity (Wildman–Crippen MR) is 251 cm³/mol. The molecule has 0 saturated carbocycles. The first-order valence-electron chi connectivity index (χ1n) is 20.2. The highest BCUT2D eigenvalue weighted by atomic mass is 14.2. The Morgan fingerprint density at radius 3 is 1.19 bits per heavy atom. The second kappa shape index (κ2) is 13.0. The molecule has 0 fully saturated rings. The maximum Gasteiger partial charge on any atom is -0.00199 e. The van der Waals surface area contributed by atoms with E-state index in [4.69, 9.17) is 0 Å². The van der Waals surface area contributed by atoms with Gasteiger partial charge in [-0.05, 0) is 138 Å². The fraction of sp³-hybridized carbons (Fsp3) is 0. The lowest BCUT2D eigenvalue weighted by molar-refractivity contribution is 1.61. The Morgan fingerprint density at radius 1 is 0.172 bits per heavy atom. The lowest BCUT2D eigenvalue weighted by atomic mass is 9.82. The van der Waals surface area contributed by atoms with E-state index in [1.165, 1.54) is 120 Å². The predicted octanol–water partition coefficient (Wildman–Crippen LogP) is 16.4. The zero-order chi connectivity index (χ0) is 38.2. The van der Waals surface area contributed by atoms with Gasteiger partial charge in [0.1, 0.15) is 0 Å². The van der Waals surface area contributed by atoms with Gasteiger partial charge in [-0.15, -0.1) is 0 Å². The van der Waals surface area contributed by atoms with Crippen molar-refractivity contribution in [2.75, 3.05) is 0 Å². The molecule has 0 nitrogen and oxygen atoms in total. The van der Waals surface area contributed by atoms with Crippen molar-refractivity contribution in [3.63, 3.8) is 0 Å². The summed E-state index contributed by atoms with van der Waals surface area (Å²) >= 11 is 0. The summed E-state index contributed by atoms with van der Waals surface area (Å²) in [5, 5.41) is 17.8. The molecular formula is C58H36. The normalized spacial score (nSPS) is 11.8. The molecule has 0 heteroatoms. The number of benzene rings is 12. The Balaban J connectivity index is 1.21. The highest BCUT2D eigenvalue weighted by Gasteiger charge is 2.21. The van der Waals surface area contributed by atoms with E-state index in [9.17, 15) is 0 Å². The molecule has 12 aromatic carbocycles. The maximum atomic E-state index is 2.48. The van der Waals surface area contributed by atoms with Crippen LogP contribution < -0.4 is 0 Å². The highest BCUT2D eigenvalue weighted by molar-refractivity contribution is 6.27. The van der Waals surface area contributed by atoms with E-state index in [1.54, 1.807) is 0 Å². The van der Waals surface area contributed by atoms with E-state index in [0.717, 1.165) is 0 Å². The third-order valence-corrected chi connectivity index (χ3v) is 12.4. The zero-order valence-corrected chi connectivity index (χ0v) is 31.8. The van der Waals surface area contributed by atoms with Crippen LogP contribution in [0.3, 0.4) is 0 Å². The number of hydrogen-bond donors (Lipinski definition) is 0. The monoisotopic (exact) mass is 732 g/mol. The third-order valence-electron chi connectivity index (χ3n) is 12.4. The Bertz CT molecular complexity index is 3520. The molecule has 0 saturated heterocycles. The summed E-state index contributed by atoms with van der Waals surface area (Å²) in [6.07, 6.45) is 0. The number of hydrogen-bond acceptors (Lipinski definition) is 0. The molecule has 0 atom stereocenters. The Morgan fingerprint density at radius 2 is 0.586 bits per heavy atom. The van der Waals surface area contributed by atoms with Crippen molar-refractivity contribution in [2.45, 2.75) is 0 Å². The first-order chi connectivity index (χ1) is 28.8. The topological polar surface area (TPSA) is 0 Å². The van der Waals surface area contributed by atoms with Crippen LogP contribution in [-0.2, 0) is 0 Å². The molecule has 0 unspecified atom stereocenters. The standard InChI is InChI=1S/C58H36/c1-2-16-37(17-3-1)57-50-26-12-14-28-52(50)58(53-29-15-13-27-51(53)57)56-36-40(54-34-38-18-4-5-19-41(38)43-20-6-10-24-47(43)54)30-32-42(56)39-31-33-49-46-23-8-7-21-44(46)45-22-9-11-25-48(45)55(49)35-39/h1-36H. The molecule has 0 aliphatic rings. The van der Waals surface area contributed by atoms with E-state index in [2.05, 4.69) is 218 Å². The Hall–Kier alpha value is -7.54. The van der Waals surface area contributed by atoms with Gasteiger partial charge in [-0.2, -0.15) is 0 Å². The fourth-order valence-corrected chi connectivity index (χ4v) is 9.87. The van der Waals surface area contributed by atoms with Gasteiger partial charge in [-0.25, -0.2) is 0 Å². The van der Waals surface area contributed by atoms with E-state index in [1.807, 2.05) is 0 Å². The molecule has 12 rings (SSSR count). The van der Waals surface area contributed by atoms with E-state index in [0.29, 0.717) is 0 Å². The van der Waals surface area contributed by atoms with Gasteiger partial charge in [-0.1, -0.05) is 200 Å². The van der Waals surface area contributed by atoms with E-state index < -0.39 is 0 Å². The summed E-state index contributed by atoms with van der Waals surface area (Å²) in [5.41, 5.74) is 9.87. The Kier molecular flexibility index (Phi) is 7.33. The van der Waals surface area contributed by atoms with Gasteiger partial charge in [0.15, 0.2) is 0 Å². The van der Waals surface area contributed by atoms with Crippen LogP contribution in [-0.4, -0.2) is 0 Å². The first-order valence-corrected chi connectivity index (χ1v) is 20.2. The van der Waals surface area contributed by atoms with Gasteiger partial charge in [0.2, 0.25) is 0 Å². The van der Waals surface area contributed by atoms with Crippen molar-refractivity contribution in [2.24, 2.45) is 0 Å². The molecular weight excluding hydrogens is 697 g/mol. The summed E-state index contributed by atoms with van der Waals surface area (Å²) in [7, 11) is 0. The van der Waals surface area contributed by atoms with Gasteiger partial charge in [0.05, 0.1) is 0 Å². The molecule has 0 radical (unpaired) electrons. The van der Waals surface area contributed by atoms with Crippen LogP contribution in [0.1, 0.15) is 0 Å². The van der Waals surface area contributed by atoms with Crippen LogP contribution in [0.15, 0.2) is 218 Å². The molecule has 0 heterocycles. The quantitative estimate of drug-likeness (QED) is 0.125. The fourth-order valence-electron chi connectivity index (χ4n) is 9.87. The van der Waals surface area contributed by atoms with Crippen LogP contribution in [0.5, 0.6) is 0 Å². The van der Waals surface area contributed by atoms with E-state index >= 15 is 0 Å². The molecule has 0 spiro atoms. The first kappa shape index (κ1) is 32.7. The van der Waals surface area contributed by atoms with E-state index in [-0.39, 0.29) is 0 Å². The van der Waals surface area contributed by atoms with Gasteiger partial charge in [-0.3, -0.25) is 0 Å². The lowest BCUT2D eigenvalue weighted by Crippen LogP contribution is -1.94. The minimum Gasteiger partial charge on any atom is -0.0622 e. The molecule has 0 aliphatic heterocycles. The largest absolute Gasteiger partial charge is 0.0622 e. The molecule has 58 heavy (non-hydrogen) atoms. The van der Waals surface area contributed by atoms with Crippen molar-refractivity contribution in [1.29, 1.82) is 0 Å². The highest BCUT2D eigenvalue weighted by Crippen LogP contribution is 2.48. The zero-order valence-electron chi connectivity index (χ0n) is 31.8. The van der Waals surface area contributed by atoms with Crippen LogP contribution in [0.2, 0.25) is 0 Å². The van der Waals surface area contributed by atoms with Crippen LogP contribution in [0.25, 0.3) is 120 Å². The molecule has 0 amide bonds. The van der Waals surface area contributed by atoms with Crippen molar-refractivity contribution in [3.8, 4) is 44.5 Å². The van der Waals surface area contributed by atoms with Crippen LogP contribution in [0, 0.1) is 0 Å². The summed E-state index contributed by atoms with van der Waals surface area (Å²) in [6, 6.07) is 81.0. The van der Waals surface area contributed by atoms with Gasteiger partial charge >= 0.3 is 0 Å². The average molecular weight is 733 g/mol. The number of fused-ring (bicyclic) bond motifs is 11. The second-order valence-electron chi connectivity index (χ2n) is 15.5. The van der Waals surface area contributed by atoms with Crippen LogP contribution in [0.4, 0.5) is 0 Å². The third kappa shape index (κ3) is 4.95. The second-order valence-corrected chi connectivity index (χ2v) is 15.5. The van der Waals surface area contributed by atoms with Crippen LogP contribution >= 0.6 is 0 Å². The summed E-state index contributed by atoms with van der Waals surface area (Å²) < 4.78 is 0. The van der Waals surface area contributed by atoms with Crippen molar-refractivity contribution < 1.29 is 0 Å². The molecule has 268 valence electrons. The lowest BCUT2D eigenvalue weighted by Gasteiger charge is -2.21. The van der Waals surface area contributed by atoms with Crippen molar-refractivity contribution in [3.05, 3.63) is 218 Å². The van der Waals surface area contributed by atoms with Gasteiger partial charge in [0.25, 0.3) is 0 Å². The minimum atomic E-state index is 1.21. The molecule has 0 aromatic heterocycles. The maximum absolute atomic E-state index is 2.48. The summed E-state index contributed by atoms with van der Waals surface area (Å²) in [5.74, 6) is 0. The molecule has 12 aromatic rings. The number of rotatable bonds is 4. The summed E-state index contributed by atoms with van der Waals surface area (Å²) in [6.45, 7) is 0. The summed E-state index contributed by atoms with van der Waals surface area (Å²) in [4.78, 5) is 0. The van der Waals surface area contributed by atoms with Crippen molar-refractivity contribution in [1.82, 2.24) is 0 Å². The molecule has 0 N–H and O–H groups in total. The average Bonchev–Trinajstić information content (AvgIpc) is 3.30. The Labute approximate surface area is 336 Å². The SMILES string of the molecule is c1ccc(-c2c3ccccc3c(-c3cc(-c4cc5ccccc5c5ccccc45)ccc3-c3ccc4c5ccccc5c5ccccc5c4c3)c3ccccc23)cc1. The van der Waals surface area contributed by atoms with Gasteiger partial charge < -0.3 is 0 Å². The van der Waals surface area contributed by atoms with Crippen molar-refractivity contribution >= 4 is 75.4 Å². The smallest absolute Gasteiger partial charge is 0.00199 e. The molecule has 0 bridgehead atoms. The minimum absolute atomic E-state index is 1.21. The van der Waals surface area contributed by atoms with Gasteiger partial charge in [0, 0.05) is 0 Å².